The third kappa shape index (κ3) is 1.47. The summed E-state index contributed by atoms with van der Waals surface area (Å²) in [5.41, 5.74) is 6.74. The van der Waals surface area contributed by atoms with Crippen molar-refractivity contribution in [1.29, 1.82) is 0 Å². The van der Waals surface area contributed by atoms with Crippen molar-refractivity contribution in [2.45, 2.75) is 4.90 Å². The largest absolute Gasteiger partial charge is 0.398 e. The van der Waals surface area contributed by atoms with Gasteiger partial charge in [-0.05, 0) is 34.3 Å². The van der Waals surface area contributed by atoms with Crippen molar-refractivity contribution in [2.75, 3.05) is 12.0 Å². The van der Waals surface area contributed by atoms with Gasteiger partial charge in [0.05, 0.1) is 5.69 Å². The molecule has 0 spiro atoms. The molecule has 0 saturated heterocycles. The topological polar surface area (TPSA) is 26.0 Å². The minimum atomic E-state index is 0.864. The van der Waals surface area contributed by atoms with E-state index in [0.717, 1.165) is 15.5 Å². The quantitative estimate of drug-likeness (QED) is 0.796. The van der Waals surface area contributed by atoms with E-state index in [-0.39, 0.29) is 0 Å². The van der Waals surface area contributed by atoms with Gasteiger partial charge in [-0.2, -0.15) is 0 Å². The molecule has 1 heterocycles. The van der Waals surface area contributed by atoms with Crippen molar-refractivity contribution in [3.05, 3.63) is 22.0 Å². The van der Waals surface area contributed by atoms with E-state index in [9.17, 15) is 0 Å². The van der Waals surface area contributed by atoms with E-state index < -0.39 is 0 Å². The summed E-state index contributed by atoms with van der Waals surface area (Å²) in [6.45, 7) is 0. The van der Waals surface area contributed by atoms with Crippen LogP contribution in [-0.2, 0) is 0 Å². The Bertz CT molecular complexity index is 450. The molecule has 1 nitrogen and oxygen atoms in total. The summed E-state index contributed by atoms with van der Waals surface area (Å²) < 4.78 is 2.36. The Balaban J connectivity index is 2.83. The number of thioether (sulfide) groups is 1. The molecule has 0 amide bonds. The van der Waals surface area contributed by atoms with Crippen molar-refractivity contribution in [1.82, 2.24) is 0 Å². The van der Waals surface area contributed by atoms with Gasteiger partial charge in [-0.3, -0.25) is 0 Å². The fraction of sp³-hybridized carbons (Fsp3) is 0.111. The van der Waals surface area contributed by atoms with Crippen LogP contribution in [0, 0.1) is 0 Å². The molecule has 0 aliphatic carbocycles. The Morgan fingerprint density at radius 1 is 1.46 bits per heavy atom. The molecular formula is C9H8BrNS2. The molecular weight excluding hydrogens is 266 g/mol. The van der Waals surface area contributed by atoms with Gasteiger partial charge in [0.1, 0.15) is 0 Å². The number of hydrogen-bond donors (Lipinski definition) is 1. The van der Waals surface area contributed by atoms with Gasteiger partial charge in [0.2, 0.25) is 0 Å². The van der Waals surface area contributed by atoms with Crippen LogP contribution in [0.2, 0.25) is 0 Å². The van der Waals surface area contributed by atoms with Gasteiger partial charge in [-0.1, -0.05) is 0 Å². The lowest BCUT2D eigenvalue weighted by Crippen LogP contribution is -1.82. The summed E-state index contributed by atoms with van der Waals surface area (Å²) in [6.07, 6.45) is 2.06. The van der Waals surface area contributed by atoms with Gasteiger partial charge < -0.3 is 5.73 Å². The molecule has 68 valence electrons. The zero-order chi connectivity index (χ0) is 9.42. The lowest BCUT2D eigenvalue weighted by atomic mass is 10.2. The molecule has 0 atom stereocenters. The smallest absolute Gasteiger partial charge is 0.0514 e. The van der Waals surface area contributed by atoms with Crippen LogP contribution in [0.25, 0.3) is 10.1 Å². The van der Waals surface area contributed by atoms with E-state index in [1.54, 1.807) is 23.1 Å². The Morgan fingerprint density at radius 2 is 2.23 bits per heavy atom. The highest BCUT2D eigenvalue weighted by Crippen LogP contribution is 2.39. The summed E-state index contributed by atoms with van der Waals surface area (Å²) in [6, 6.07) is 4.24. The maximum absolute atomic E-state index is 5.87. The predicted molar refractivity (Wildman–Crippen MR) is 65.7 cm³/mol. The van der Waals surface area contributed by atoms with Gasteiger partial charge in [0.15, 0.2) is 0 Å². The lowest BCUT2D eigenvalue weighted by molar-refractivity contribution is 1.47. The van der Waals surface area contributed by atoms with Crippen molar-refractivity contribution < 1.29 is 0 Å². The normalized spacial score (nSPS) is 10.9. The van der Waals surface area contributed by atoms with E-state index in [0.29, 0.717) is 0 Å². The second-order valence-electron chi connectivity index (χ2n) is 2.65. The average molecular weight is 274 g/mol. The zero-order valence-electron chi connectivity index (χ0n) is 7.00. The van der Waals surface area contributed by atoms with Crippen molar-refractivity contribution in [2.24, 2.45) is 0 Å². The molecule has 0 fully saturated rings. The molecule has 0 radical (unpaired) electrons. The standard InChI is InChI=1S/C9H8BrNS2/c1-12-7-3-2-6-8(9(7)10)5(11)4-13-6/h2-4H,11H2,1H3. The number of rotatable bonds is 1. The molecule has 0 aliphatic rings. The molecule has 2 aromatic rings. The van der Waals surface area contributed by atoms with Crippen LogP contribution in [-0.4, -0.2) is 6.26 Å². The Labute approximate surface area is 93.4 Å². The summed E-state index contributed by atoms with van der Waals surface area (Å²) in [5.74, 6) is 0. The third-order valence-electron chi connectivity index (χ3n) is 1.89. The number of halogens is 1. The molecule has 0 unspecified atom stereocenters. The molecule has 0 aliphatic heterocycles. The number of thiophene rings is 1. The van der Waals surface area contributed by atoms with Crippen LogP contribution in [0.5, 0.6) is 0 Å². The fourth-order valence-corrected chi connectivity index (χ4v) is 3.78. The number of fused-ring (bicyclic) bond motifs is 1. The fourth-order valence-electron chi connectivity index (χ4n) is 1.25. The van der Waals surface area contributed by atoms with Crippen LogP contribution in [0.15, 0.2) is 26.9 Å². The second kappa shape index (κ2) is 3.52. The summed E-state index contributed by atoms with van der Waals surface area (Å²) in [7, 11) is 0. The molecule has 4 heteroatoms. The van der Waals surface area contributed by atoms with Crippen LogP contribution in [0.1, 0.15) is 0 Å². The van der Waals surface area contributed by atoms with Gasteiger partial charge in [0, 0.05) is 24.8 Å². The number of nitrogen functional groups attached to an aromatic ring is 1. The first-order valence-electron chi connectivity index (χ1n) is 3.73. The van der Waals surface area contributed by atoms with Gasteiger partial charge in [-0.15, -0.1) is 23.1 Å². The number of hydrogen-bond acceptors (Lipinski definition) is 3. The maximum atomic E-state index is 5.87. The molecule has 2 N–H and O–H groups in total. The summed E-state index contributed by atoms with van der Waals surface area (Å²) in [4.78, 5) is 1.23. The Morgan fingerprint density at radius 3 is 2.92 bits per heavy atom. The minimum absolute atomic E-state index is 0.864. The van der Waals surface area contributed by atoms with Crippen molar-refractivity contribution >= 4 is 54.8 Å². The highest BCUT2D eigenvalue weighted by molar-refractivity contribution is 9.10. The zero-order valence-corrected chi connectivity index (χ0v) is 10.2. The summed E-state index contributed by atoms with van der Waals surface area (Å²) >= 11 is 6.99. The first-order valence-corrected chi connectivity index (χ1v) is 6.63. The molecule has 1 aromatic carbocycles. The van der Waals surface area contributed by atoms with E-state index in [1.807, 2.05) is 5.38 Å². The van der Waals surface area contributed by atoms with Gasteiger partial charge in [-0.25, -0.2) is 0 Å². The van der Waals surface area contributed by atoms with Crippen molar-refractivity contribution in [3.63, 3.8) is 0 Å². The maximum Gasteiger partial charge on any atom is 0.0514 e. The number of anilines is 1. The van der Waals surface area contributed by atoms with E-state index in [1.165, 1.54) is 9.60 Å². The number of benzene rings is 1. The second-order valence-corrected chi connectivity index (χ2v) is 5.20. The van der Waals surface area contributed by atoms with E-state index in [4.69, 9.17) is 5.73 Å². The van der Waals surface area contributed by atoms with Gasteiger partial charge in [0.25, 0.3) is 0 Å². The lowest BCUT2D eigenvalue weighted by Gasteiger charge is -2.02. The molecule has 1 aromatic heterocycles. The van der Waals surface area contributed by atoms with E-state index >= 15 is 0 Å². The Kier molecular flexibility index (Phi) is 2.53. The van der Waals surface area contributed by atoms with Gasteiger partial charge >= 0.3 is 0 Å². The highest BCUT2D eigenvalue weighted by atomic mass is 79.9. The SMILES string of the molecule is CSc1ccc2scc(N)c2c1Br. The van der Waals surface area contributed by atoms with E-state index in [2.05, 4.69) is 34.3 Å². The Hall–Kier alpha value is -0.190. The monoisotopic (exact) mass is 273 g/mol. The van der Waals surface area contributed by atoms with Crippen LogP contribution in [0.3, 0.4) is 0 Å². The van der Waals surface area contributed by atoms with Crippen LogP contribution in [0.4, 0.5) is 5.69 Å². The molecule has 0 bridgehead atoms. The minimum Gasteiger partial charge on any atom is -0.398 e. The summed E-state index contributed by atoms with van der Waals surface area (Å²) in [5, 5.41) is 3.14. The first-order chi connectivity index (χ1) is 6.24. The molecule has 13 heavy (non-hydrogen) atoms. The third-order valence-corrected chi connectivity index (χ3v) is 4.72. The predicted octanol–water partition coefficient (Wildman–Crippen LogP) is 3.97. The molecule has 0 saturated carbocycles. The molecule has 2 rings (SSSR count). The first kappa shape index (κ1) is 9.37. The average Bonchev–Trinajstić information content (AvgIpc) is 2.49. The van der Waals surface area contributed by atoms with Crippen LogP contribution >= 0.6 is 39.0 Å². The van der Waals surface area contributed by atoms with Crippen molar-refractivity contribution in [3.8, 4) is 0 Å². The van der Waals surface area contributed by atoms with Crippen LogP contribution < -0.4 is 5.73 Å². The number of nitrogens with two attached hydrogens (primary N) is 1. The highest BCUT2D eigenvalue weighted by Gasteiger charge is 2.08.